The molecule has 0 aliphatic carbocycles. The fourth-order valence-corrected chi connectivity index (χ4v) is 3.77. The number of aromatic amines is 1. The second-order valence-electron chi connectivity index (χ2n) is 6.56. The summed E-state index contributed by atoms with van der Waals surface area (Å²) in [4.78, 5) is 13.6. The molecular formula is C23H21N3O2S. The monoisotopic (exact) mass is 403 g/mol. The third kappa shape index (κ3) is 4.55. The van der Waals surface area contributed by atoms with Crippen molar-refractivity contribution in [2.45, 2.75) is 6.42 Å². The molecule has 0 aliphatic heterocycles. The summed E-state index contributed by atoms with van der Waals surface area (Å²) in [7, 11) is 1.65. The lowest BCUT2D eigenvalue weighted by molar-refractivity contribution is 0.0954. The number of methoxy groups -OCH3 is 1. The van der Waals surface area contributed by atoms with Crippen LogP contribution in [0.15, 0.2) is 72.1 Å². The predicted octanol–water partition coefficient (Wildman–Crippen LogP) is 4.79. The van der Waals surface area contributed by atoms with E-state index in [2.05, 4.69) is 21.6 Å². The zero-order valence-electron chi connectivity index (χ0n) is 16.0. The summed E-state index contributed by atoms with van der Waals surface area (Å²) in [6.07, 6.45) is 0.850. The summed E-state index contributed by atoms with van der Waals surface area (Å²) in [5.74, 6) is 0.733. The van der Waals surface area contributed by atoms with E-state index in [4.69, 9.17) is 4.74 Å². The number of aromatic nitrogens is 2. The molecule has 2 aromatic heterocycles. The Bertz CT molecular complexity index is 1090. The number of H-pyrrole nitrogens is 1. The molecule has 0 saturated carbocycles. The Balaban J connectivity index is 1.41. The number of ether oxygens (including phenoxy) is 1. The first-order valence-corrected chi connectivity index (χ1v) is 10.2. The maximum absolute atomic E-state index is 12.3. The SMILES string of the molecule is COc1cccc(-c2cc(-c3ccc(C(=O)NCCc4cccs4)cc3)[nH]n2)c1. The third-order valence-electron chi connectivity index (χ3n) is 4.64. The highest BCUT2D eigenvalue weighted by Crippen LogP contribution is 2.26. The van der Waals surface area contributed by atoms with Crippen molar-refractivity contribution in [2.24, 2.45) is 0 Å². The summed E-state index contributed by atoms with van der Waals surface area (Å²) in [6, 6.07) is 21.4. The van der Waals surface area contributed by atoms with E-state index in [0.717, 1.165) is 34.7 Å². The molecular weight excluding hydrogens is 382 g/mol. The van der Waals surface area contributed by atoms with Crippen LogP contribution in [0.4, 0.5) is 0 Å². The van der Waals surface area contributed by atoms with Gasteiger partial charge in [-0.1, -0.05) is 30.3 Å². The number of nitrogens with one attached hydrogen (secondary N) is 2. The Morgan fingerprint density at radius 1 is 1.07 bits per heavy atom. The van der Waals surface area contributed by atoms with Crippen LogP contribution in [0.2, 0.25) is 0 Å². The molecule has 0 atom stereocenters. The van der Waals surface area contributed by atoms with Crippen LogP contribution in [0, 0.1) is 0 Å². The molecule has 0 unspecified atom stereocenters. The maximum atomic E-state index is 12.3. The van der Waals surface area contributed by atoms with Crippen molar-refractivity contribution in [1.29, 1.82) is 0 Å². The molecule has 6 heteroatoms. The average molecular weight is 404 g/mol. The van der Waals surface area contributed by atoms with Crippen LogP contribution >= 0.6 is 11.3 Å². The first kappa shape index (κ1) is 19.0. The van der Waals surface area contributed by atoms with E-state index in [1.54, 1.807) is 18.4 Å². The number of thiophene rings is 1. The van der Waals surface area contributed by atoms with Crippen LogP contribution in [0.3, 0.4) is 0 Å². The van der Waals surface area contributed by atoms with Crippen molar-refractivity contribution in [2.75, 3.05) is 13.7 Å². The van der Waals surface area contributed by atoms with E-state index in [0.29, 0.717) is 12.1 Å². The van der Waals surface area contributed by atoms with Crippen LogP contribution in [0.25, 0.3) is 22.5 Å². The van der Waals surface area contributed by atoms with E-state index in [9.17, 15) is 4.79 Å². The minimum Gasteiger partial charge on any atom is -0.497 e. The summed E-state index contributed by atoms with van der Waals surface area (Å²) >= 11 is 1.70. The van der Waals surface area contributed by atoms with Crippen molar-refractivity contribution < 1.29 is 9.53 Å². The smallest absolute Gasteiger partial charge is 0.251 e. The number of hydrogen-bond donors (Lipinski definition) is 2. The van der Waals surface area contributed by atoms with Crippen LogP contribution < -0.4 is 10.1 Å². The molecule has 4 rings (SSSR count). The summed E-state index contributed by atoms with van der Waals surface area (Å²) in [5.41, 5.74) is 4.34. The lowest BCUT2D eigenvalue weighted by Gasteiger charge is -2.05. The number of rotatable bonds is 7. The molecule has 4 aromatic rings. The highest BCUT2D eigenvalue weighted by atomic mass is 32.1. The molecule has 0 saturated heterocycles. The number of amides is 1. The van der Waals surface area contributed by atoms with E-state index >= 15 is 0 Å². The Morgan fingerprint density at radius 2 is 1.93 bits per heavy atom. The van der Waals surface area contributed by atoms with E-state index in [1.807, 2.05) is 66.0 Å². The molecule has 0 aliphatic rings. The van der Waals surface area contributed by atoms with Gasteiger partial charge in [0.25, 0.3) is 5.91 Å². The second-order valence-corrected chi connectivity index (χ2v) is 7.59. The molecule has 2 heterocycles. The van der Waals surface area contributed by atoms with Gasteiger partial charge in [0.05, 0.1) is 18.5 Å². The number of hydrogen-bond acceptors (Lipinski definition) is 4. The number of carbonyl (C=O) groups is 1. The van der Waals surface area contributed by atoms with Crippen LogP contribution in [0.5, 0.6) is 5.75 Å². The van der Waals surface area contributed by atoms with Crippen LogP contribution in [0.1, 0.15) is 15.2 Å². The van der Waals surface area contributed by atoms with Gasteiger partial charge in [0.15, 0.2) is 0 Å². The van der Waals surface area contributed by atoms with Crippen molar-refractivity contribution in [3.63, 3.8) is 0 Å². The molecule has 0 spiro atoms. The molecule has 0 fully saturated rings. The minimum atomic E-state index is -0.0604. The van der Waals surface area contributed by atoms with Gasteiger partial charge >= 0.3 is 0 Å². The topological polar surface area (TPSA) is 67.0 Å². The summed E-state index contributed by atoms with van der Waals surface area (Å²) in [6.45, 7) is 0.631. The van der Waals surface area contributed by atoms with Gasteiger partial charge in [-0.15, -0.1) is 11.3 Å². The molecule has 146 valence electrons. The van der Waals surface area contributed by atoms with Gasteiger partial charge in [0, 0.05) is 22.5 Å². The third-order valence-corrected chi connectivity index (χ3v) is 5.57. The highest BCUT2D eigenvalue weighted by Gasteiger charge is 2.09. The highest BCUT2D eigenvalue weighted by molar-refractivity contribution is 7.09. The Kier molecular flexibility index (Phi) is 5.72. The largest absolute Gasteiger partial charge is 0.497 e. The van der Waals surface area contributed by atoms with Gasteiger partial charge in [0.2, 0.25) is 0 Å². The van der Waals surface area contributed by atoms with Gasteiger partial charge in [-0.2, -0.15) is 5.10 Å². The summed E-state index contributed by atoms with van der Waals surface area (Å²) < 4.78 is 5.28. The molecule has 29 heavy (non-hydrogen) atoms. The Labute approximate surface area is 173 Å². The van der Waals surface area contributed by atoms with Gasteiger partial charge < -0.3 is 10.1 Å². The van der Waals surface area contributed by atoms with Gasteiger partial charge in [-0.05, 0) is 53.8 Å². The molecule has 5 nitrogen and oxygen atoms in total. The fraction of sp³-hybridized carbons (Fsp3) is 0.130. The number of nitrogens with zero attached hydrogens (tertiary/aromatic N) is 1. The lowest BCUT2D eigenvalue weighted by atomic mass is 10.1. The number of benzene rings is 2. The minimum absolute atomic E-state index is 0.0604. The fourth-order valence-electron chi connectivity index (χ4n) is 3.06. The second kappa shape index (κ2) is 8.75. The maximum Gasteiger partial charge on any atom is 0.251 e. The van der Waals surface area contributed by atoms with Crippen molar-refractivity contribution in [1.82, 2.24) is 15.5 Å². The zero-order chi connectivity index (χ0) is 20.1. The first-order valence-electron chi connectivity index (χ1n) is 9.34. The Morgan fingerprint density at radius 3 is 2.69 bits per heavy atom. The molecule has 0 bridgehead atoms. The van der Waals surface area contributed by atoms with E-state index in [-0.39, 0.29) is 5.91 Å². The van der Waals surface area contributed by atoms with Crippen molar-refractivity contribution >= 4 is 17.2 Å². The van der Waals surface area contributed by atoms with Gasteiger partial charge in [-0.25, -0.2) is 0 Å². The van der Waals surface area contributed by atoms with Gasteiger partial charge in [0.1, 0.15) is 5.75 Å². The van der Waals surface area contributed by atoms with Gasteiger partial charge in [-0.3, -0.25) is 9.89 Å². The molecule has 0 radical (unpaired) electrons. The summed E-state index contributed by atoms with van der Waals surface area (Å²) in [5, 5.41) is 12.5. The normalized spacial score (nSPS) is 10.7. The van der Waals surface area contributed by atoms with E-state index < -0.39 is 0 Å². The van der Waals surface area contributed by atoms with E-state index in [1.165, 1.54) is 4.88 Å². The predicted molar refractivity (Wildman–Crippen MR) is 116 cm³/mol. The molecule has 2 aromatic carbocycles. The first-order chi connectivity index (χ1) is 14.2. The van der Waals surface area contributed by atoms with Crippen LogP contribution in [-0.4, -0.2) is 29.8 Å². The average Bonchev–Trinajstić information content (AvgIpc) is 3.46. The lowest BCUT2D eigenvalue weighted by Crippen LogP contribution is -2.25. The van der Waals surface area contributed by atoms with Crippen molar-refractivity contribution in [3.05, 3.63) is 82.6 Å². The quantitative estimate of drug-likeness (QED) is 0.466. The van der Waals surface area contributed by atoms with Crippen molar-refractivity contribution in [3.8, 4) is 28.3 Å². The number of carbonyl (C=O) groups excluding carboxylic acids is 1. The standard InChI is InChI=1S/C23H21N3O2S/c1-28-19-5-2-4-18(14-19)22-15-21(25-26-22)16-7-9-17(10-8-16)23(27)24-12-11-20-6-3-13-29-20/h2-10,13-15H,11-12H2,1H3,(H,24,27)(H,25,26). The van der Waals surface area contributed by atoms with Crippen LogP contribution in [-0.2, 0) is 6.42 Å². The Hall–Kier alpha value is -3.38. The molecule has 1 amide bonds. The molecule has 2 N–H and O–H groups in total. The zero-order valence-corrected chi connectivity index (χ0v) is 16.8.